The Morgan fingerprint density at radius 3 is 2.88 bits per heavy atom. The van der Waals surface area contributed by atoms with E-state index >= 15 is 0 Å². The van der Waals surface area contributed by atoms with Crippen LogP contribution in [0.2, 0.25) is 0 Å². The van der Waals surface area contributed by atoms with Gasteiger partial charge in [0.2, 0.25) is 5.91 Å². The standard InChI is InChI=1S/C14H20N2O/c17-14(13-9-5-2-6-10-15-13)16-11-12-7-3-1-4-8-12/h1,3-4,7-8,13,15H,2,5-6,9-11H2,(H,16,17). The summed E-state index contributed by atoms with van der Waals surface area (Å²) in [4.78, 5) is 12.0. The second-order valence-electron chi connectivity index (χ2n) is 4.56. The van der Waals surface area contributed by atoms with E-state index in [-0.39, 0.29) is 11.9 Å². The molecule has 1 aromatic rings. The highest BCUT2D eigenvalue weighted by Gasteiger charge is 2.18. The van der Waals surface area contributed by atoms with Crippen LogP contribution in [-0.2, 0) is 11.3 Å². The van der Waals surface area contributed by atoms with Crippen LogP contribution in [0.25, 0.3) is 0 Å². The molecule has 0 bridgehead atoms. The molecule has 92 valence electrons. The Bertz CT molecular complexity index is 342. The first-order chi connectivity index (χ1) is 8.36. The Kier molecular flexibility index (Phi) is 4.56. The van der Waals surface area contributed by atoms with Gasteiger partial charge in [0.05, 0.1) is 6.04 Å². The predicted octanol–water partition coefficient (Wildman–Crippen LogP) is 1.83. The fraction of sp³-hybridized carbons (Fsp3) is 0.500. The van der Waals surface area contributed by atoms with Gasteiger partial charge in [-0.1, -0.05) is 43.2 Å². The first-order valence-electron chi connectivity index (χ1n) is 6.41. The third-order valence-corrected chi connectivity index (χ3v) is 3.19. The molecule has 0 spiro atoms. The van der Waals surface area contributed by atoms with Gasteiger partial charge in [-0.15, -0.1) is 0 Å². The molecule has 0 aromatic heterocycles. The van der Waals surface area contributed by atoms with E-state index in [9.17, 15) is 4.79 Å². The molecule has 17 heavy (non-hydrogen) atoms. The van der Waals surface area contributed by atoms with Gasteiger partial charge in [-0.3, -0.25) is 4.79 Å². The summed E-state index contributed by atoms with van der Waals surface area (Å²) in [5, 5.41) is 6.30. The molecular weight excluding hydrogens is 212 g/mol. The number of amides is 1. The van der Waals surface area contributed by atoms with Gasteiger partial charge in [0, 0.05) is 6.54 Å². The zero-order valence-corrected chi connectivity index (χ0v) is 10.1. The van der Waals surface area contributed by atoms with Crippen molar-refractivity contribution in [1.29, 1.82) is 0 Å². The van der Waals surface area contributed by atoms with Gasteiger partial charge in [-0.2, -0.15) is 0 Å². The summed E-state index contributed by atoms with van der Waals surface area (Å²) in [5.74, 6) is 0.135. The summed E-state index contributed by atoms with van der Waals surface area (Å²) in [7, 11) is 0. The van der Waals surface area contributed by atoms with Gasteiger partial charge in [0.15, 0.2) is 0 Å². The van der Waals surface area contributed by atoms with Crippen LogP contribution in [0, 0.1) is 0 Å². The number of rotatable bonds is 3. The van der Waals surface area contributed by atoms with Crippen LogP contribution in [0.4, 0.5) is 0 Å². The van der Waals surface area contributed by atoms with Crippen molar-refractivity contribution < 1.29 is 4.79 Å². The van der Waals surface area contributed by atoms with Crippen LogP contribution in [0.15, 0.2) is 30.3 Å². The summed E-state index contributed by atoms with van der Waals surface area (Å²) in [6.07, 6.45) is 4.52. The third-order valence-electron chi connectivity index (χ3n) is 3.19. The monoisotopic (exact) mass is 232 g/mol. The van der Waals surface area contributed by atoms with Crippen molar-refractivity contribution in [3.8, 4) is 0 Å². The van der Waals surface area contributed by atoms with E-state index in [1.807, 2.05) is 30.3 Å². The zero-order chi connectivity index (χ0) is 11.9. The van der Waals surface area contributed by atoms with Crippen LogP contribution < -0.4 is 10.6 Å². The average Bonchev–Trinajstić information content (AvgIpc) is 2.66. The van der Waals surface area contributed by atoms with E-state index in [1.165, 1.54) is 12.8 Å². The molecule has 2 rings (SSSR count). The minimum atomic E-state index is 0.00112. The van der Waals surface area contributed by atoms with Gasteiger partial charge >= 0.3 is 0 Å². The van der Waals surface area contributed by atoms with Crippen molar-refractivity contribution in [2.45, 2.75) is 38.3 Å². The zero-order valence-electron chi connectivity index (χ0n) is 10.1. The summed E-state index contributed by atoms with van der Waals surface area (Å²) in [5.41, 5.74) is 1.15. The smallest absolute Gasteiger partial charge is 0.237 e. The second kappa shape index (κ2) is 6.40. The maximum atomic E-state index is 12.0. The lowest BCUT2D eigenvalue weighted by Gasteiger charge is -2.15. The summed E-state index contributed by atoms with van der Waals surface area (Å²) >= 11 is 0. The molecule has 1 unspecified atom stereocenters. The van der Waals surface area contributed by atoms with Gasteiger partial charge < -0.3 is 10.6 Å². The molecule has 0 saturated carbocycles. The van der Waals surface area contributed by atoms with Gasteiger partial charge in [0.25, 0.3) is 0 Å². The number of hydrogen-bond donors (Lipinski definition) is 2. The molecule has 1 heterocycles. The summed E-state index contributed by atoms with van der Waals surface area (Å²) in [6.45, 7) is 1.58. The molecule has 3 heteroatoms. The van der Waals surface area contributed by atoms with E-state index in [0.717, 1.165) is 24.9 Å². The van der Waals surface area contributed by atoms with Crippen LogP contribution in [0.1, 0.15) is 31.2 Å². The highest BCUT2D eigenvalue weighted by atomic mass is 16.2. The lowest BCUT2D eigenvalue weighted by molar-refractivity contribution is -0.123. The number of carbonyl (C=O) groups is 1. The highest BCUT2D eigenvalue weighted by molar-refractivity contribution is 5.81. The predicted molar refractivity (Wildman–Crippen MR) is 68.5 cm³/mol. The van der Waals surface area contributed by atoms with Crippen LogP contribution in [-0.4, -0.2) is 18.5 Å². The minimum absolute atomic E-state index is 0.00112. The Hall–Kier alpha value is -1.35. The molecule has 1 atom stereocenters. The second-order valence-corrected chi connectivity index (χ2v) is 4.56. The SMILES string of the molecule is O=C(NCc1ccccc1)C1CCCCCN1. The van der Waals surface area contributed by atoms with Crippen LogP contribution >= 0.6 is 0 Å². The molecular formula is C14H20N2O. The number of hydrogen-bond acceptors (Lipinski definition) is 2. The largest absolute Gasteiger partial charge is 0.351 e. The van der Waals surface area contributed by atoms with Gasteiger partial charge in [-0.05, 0) is 24.9 Å². The van der Waals surface area contributed by atoms with Crippen molar-refractivity contribution in [3.63, 3.8) is 0 Å². The Labute approximate surface area is 103 Å². The van der Waals surface area contributed by atoms with Crippen molar-refractivity contribution >= 4 is 5.91 Å². The molecule has 1 aliphatic rings. The van der Waals surface area contributed by atoms with Gasteiger partial charge in [-0.25, -0.2) is 0 Å². The maximum absolute atomic E-state index is 12.0. The summed E-state index contributed by atoms with van der Waals surface area (Å²) in [6, 6.07) is 10.0. The Balaban J connectivity index is 1.80. The molecule has 1 aliphatic heterocycles. The molecule has 3 nitrogen and oxygen atoms in total. The fourth-order valence-corrected chi connectivity index (χ4v) is 2.16. The number of nitrogens with one attached hydrogen (secondary N) is 2. The van der Waals surface area contributed by atoms with E-state index < -0.39 is 0 Å². The third kappa shape index (κ3) is 3.86. The maximum Gasteiger partial charge on any atom is 0.237 e. The highest BCUT2D eigenvalue weighted by Crippen LogP contribution is 2.08. The van der Waals surface area contributed by atoms with E-state index in [1.54, 1.807) is 0 Å². The first kappa shape index (κ1) is 12.1. The summed E-state index contributed by atoms with van der Waals surface area (Å²) < 4.78 is 0. The molecule has 1 amide bonds. The molecule has 1 fully saturated rings. The minimum Gasteiger partial charge on any atom is -0.351 e. The van der Waals surface area contributed by atoms with Crippen molar-refractivity contribution in [2.24, 2.45) is 0 Å². The average molecular weight is 232 g/mol. The molecule has 2 N–H and O–H groups in total. The fourth-order valence-electron chi connectivity index (χ4n) is 2.16. The van der Waals surface area contributed by atoms with Crippen molar-refractivity contribution in [2.75, 3.05) is 6.54 Å². The van der Waals surface area contributed by atoms with Gasteiger partial charge in [0.1, 0.15) is 0 Å². The van der Waals surface area contributed by atoms with Crippen molar-refractivity contribution in [1.82, 2.24) is 10.6 Å². The molecule has 0 aliphatic carbocycles. The first-order valence-corrected chi connectivity index (χ1v) is 6.41. The lowest BCUT2D eigenvalue weighted by atomic mass is 10.1. The van der Waals surface area contributed by atoms with E-state index in [2.05, 4.69) is 10.6 Å². The normalized spacial score (nSPS) is 20.6. The number of benzene rings is 1. The Morgan fingerprint density at radius 1 is 1.24 bits per heavy atom. The lowest BCUT2D eigenvalue weighted by Crippen LogP contribution is -2.43. The number of carbonyl (C=O) groups excluding carboxylic acids is 1. The quantitative estimate of drug-likeness (QED) is 0.835. The Morgan fingerprint density at radius 2 is 2.06 bits per heavy atom. The molecule has 1 saturated heterocycles. The van der Waals surface area contributed by atoms with Crippen LogP contribution in [0.5, 0.6) is 0 Å². The topological polar surface area (TPSA) is 41.1 Å². The molecule has 0 radical (unpaired) electrons. The van der Waals surface area contributed by atoms with Crippen molar-refractivity contribution in [3.05, 3.63) is 35.9 Å². The van der Waals surface area contributed by atoms with E-state index in [0.29, 0.717) is 6.54 Å². The van der Waals surface area contributed by atoms with Crippen LogP contribution in [0.3, 0.4) is 0 Å². The molecule has 1 aromatic carbocycles. The van der Waals surface area contributed by atoms with E-state index in [4.69, 9.17) is 0 Å².